The molecule has 0 amide bonds. The highest BCUT2D eigenvalue weighted by atomic mass is 16.5. The van der Waals surface area contributed by atoms with E-state index < -0.39 is 0 Å². The van der Waals surface area contributed by atoms with Crippen LogP contribution in [0.15, 0.2) is 18.2 Å². The summed E-state index contributed by atoms with van der Waals surface area (Å²) >= 11 is 0. The summed E-state index contributed by atoms with van der Waals surface area (Å²) in [5.41, 5.74) is 7.43. The van der Waals surface area contributed by atoms with Gasteiger partial charge in [0.1, 0.15) is 17.6 Å². The molecule has 1 fully saturated rings. The van der Waals surface area contributed by atoms with Crippen LogP contribution in [0.25, 0.3) is 0 Å². The van der Waals surface area contributed by atoms with Crippen LogP contribution < -0.4 is 15.2 Å². The zero-order chi connectivity index (χ0) is 13.9. The molecule has 1 aromatic carbocycles. The van der Waals surface area contributed by atoms with E-state index >= 15 is 0 Å². The normalized spacial score (nSPS) is 26.7. The van der Waals surface area contributed by atoms with Crippen molar-refractivity contribution in [3.63, 3.8) is 0 Å². The number of hydrogen-bond acceptors (Lipinski definition) is 3. The Kier molecular flexibility index (Phi) is 4.16. The van der Waals surface area contributed by atoms with Gasteiger partial charge < -0.3 is 15.2 Å². The molecule has 110 valence electrons. The molecule has 0 radical (unpaired) electrons. The van der Waals surface area contributed by atoms with E-state index in [0.717, 1.165) is 35.8 Å². The summed E-state index contributed by atoms with van der Waals surface area (Å²) in [6.45, 7) is 0. The Morgan fingerprint density at radius 3 is 2.80 bits per heavy atom. The molecule has 1 saturated carbocycles. The van der Waals surface area contributed by atoms with Gasteiger partial charge >= 0.3 is 0 Å². The van der Waals surface area contributed by atoms with Crippen molar-refractivity contribution in [3.8, 4) is 11.5 Å². The van der Waals surface area contributed by atoms with Gasteiger partial charge in [-0.05, 0) is 18.4 Å². The van der Waals surface area contributed by atoms with Crippen molar-refractivity contribution in [3.05, 3.63) is 23.8 Å². The molecule has 1 aromatic rings. The van der Waals surface area contributed by atoms with Crippen LogP contribution in [-0.4, -0.2) is 13.2 Å². The minimum atomic E-state index is 0.0956. The summed E-state index contributed by atoms with van der Waals surface area (Å²) in [7, 11) is 1.68. The second-order valence-electron chi connectivity index (χ2n) is 6.23. The van der Waals surface area contributed by atoms with Crippen LogP contribution in [0.1, 0.15) is 56.6 Å². The van der Waals surface area contributed by atoms with E-state index in [1.165, 1.54) is 32.1 Å². The number of nitrogens with two attached hydrogens (primary N) is 1. The minimum absolute atomic E-state index is 0.0956. The molecule has 2 aliphatic rings. The third-order valence-electron chi connectivity index (χ3n) is 4.75. The Morgan fingerprint density at radius 2 is 2.05 bits per heavy atom. The quantitative estimate of drug-likeness (QED) is 0.912. The van der Waals surface area contributed by atoms with Gasteiger partial charge in [-0.1, -0.05) is 38.2 Å². The maximum absolute atomic E-state index is 6.31. The van der Waals surface area contributed by atoms with Crippen LogP contribution in [0.5, 0.6) is 11.5 Å². The predicted octanol–water partition coefficient (Wildman–Crippen LogP) is 3.82. The molecule has 1 heterocycles. The summed E-state index contributed by atoms with van der Waals surface area (Å²) in [4.78, 5) is 0. The molecule has 0 bridgehead atoms. The van der Waals surface area contributed by atoms with Crippen LogP contribution in [0, 0.1) is 5.92 Å². The molecule has 1 unspecified atom stereocenters. The largest absolute Gasteiger partial charge is 0.497 e. The lowest BCUT2D eigenvalue weighted by molar-refractivity contribution is 0.120. The van der Waals surface area contributed by atoms with Crippen molar-refractivity contribution in [1.29, 1.82) is 0 Å². The van der Waals surface area contributed by atoms with E-state index in [9.17, 15) is 0 Å². The maximum Gasteiger partial charge on any atom is 0.128 e. The topological polar surface area (TPSA) is 44.5 Å². The molecule has 0 saturated heterocycles. The molecule has 0 spiro atoms. The Balaban J connectivity index is 1.70. The molecule has 1 aliphatic heterocycles. The van der Waals surface area contributed by atoms with Crippen molar-refractivity contribution in [1.82, 2.24) is 0 Å². The van der Waals surface area contributed by atoms with Crippen molar-refractivity contribution >= 4 is 0 Å². The summed E-state index contributed by atoms with van der Waals surface area (Å²) in [5.74, 6) is 2.59. The van der Waals surface area contributed by atoms with Crippen LogP contribution >= 0.6 is 0 Å². The standard InChI is InChI=1S/C17H25NO2/c1-19-13-7-8-15-16(18)10-14(20-17(15)11-13)9-12-5-3-2-4-6-12/h7-8,11-12,14,16H,2-6,9-10,18H2,1H3/t14?,16-/m0/s1. The van der Waals surface area contributed by atoms with Crippen molar-refractivity contribution in [2.75, 3.05) is 7.11 Å². The number of hydrogen-bond donors (Lipinski definition) is 1. The van der Waals surface area contributed by atoms with Crippen molar-refractivity contribution in [2.45, 2.75) is 57.1 Å². The van der Waals surface area contributed by atoms with Gasteiger partial charge in [-0.3, -0.25) is 0 Å². The van der Waals surface area contributed by atoms with Crippen molar-refractivity contribution in [2.24, 2.45) is 11.7 Å². The van der Waals surface area contributed by atoms with E-state index in [4.69, 9.17) is 15.2 Å². The Hall–Kier alpha value is -1.22. The van der Waals surface area contributed by atoms with E-state index in [-0.39, 0.29) is 12.1 Å². The second kappa shape index (κ2) is 6.04. The van der Waals surface area contributed by atoms with Crippen LogP contribution in [0.2, 0.25) is 0 Å². The van der Waals surface area contributed by atoms with Gasteiger partial charge in [-0.15, -0.1) is 0 Å². The maximum atomic E-state index is 6.31. The number of benzene rings is 1. The van der Waals surface area contributed by atoms with Gasteiger partial charge in [-0.2, -0.15) is 0 Å². The zero-order valence-corrected chi connectivity index (χ0v) is 12.3. The molecule has 0 aromatic heterocycles. The number of fused-ring (bicyclic) bond motifs is 1. The molecule has 20 heavy (non-hydrogen) atoms. The molecule has 3 heteroatoms. The molecule has 3 nitrogen and oxygen atoms in total. The van der Waals surface area contributed by atoms with E-state index in [1.807, 2.05) is 18.2 Å². The summed E-state index contributed by atoms with van der Waals surface area (Å²) in [6, 6.07) is 6.07. The average Bonchev–Trinajstić information content (AvgIpc) is 2.47. The Labute approximate surface area is 121 Å². The third-order valence-corrected chi connectivity index (χ3v) is 4.75. The summed E-state index contributed by atoms with van der Waals surface area (Å²) < 4.78 is 11.5. The number of methoxy groups -OCH3 is 1. The summed E-state index contributed by atoms with van der Waals surface area (Å²) in [6.07, 6.45) is 9.26. The first-order chi connectivity index (χ1) is 9.76. The van der Waals surface area contributed by atoms with Crippen LogP contribution in [0.4, 0.5) is 0 Å². The van der Waals surface area contributed by atoms with Gasteiger partial charge in [0.05, 0.1) is 7.11 Å². The highest BCUT2D eigenvalue weighted by Gasteiger charge is 2.28. The second-order valence-corrected chi connectivity index (χ2v) is 6.23. The van der Waals surface area contributed by atoms with Gasteiger partial charge in [0.2, 0.25) is 0 Å². The molecule has 3 rings (SSSR count). The predicted molar refractivity (Wildman–Crippen MR) is 80.1 cm³/mol. The molecule has 1 aliphatic carbocycles. The minimum Gasteiger partial charge on any atom is -0.497 e. The fraction of sp³-hybridized carbons (Fsp3) is 0.647. The fourth-order valence-corrected chi connectivity index (χ4v) is 3.63. The van der Waals surface area contributed by atoms with Gasteiger partial charge in [0.15, 0.2) is 0 Å². The highest BCUT2D eigenvalue weighted by Crippen LogP contribution is 2.39. The van der Waals surface area contributed by atoms with E-state index in [0.29, 0.717) is 0 Å². The van der Waals surface area contributed by atoms with Gasteiger partial charge in [0.25, 0.3) is 0 Å². The lowest BCUT2D eigenvalue weighted by Crippen LogP contribution is -2.31. The molecular formula is C17H25NO2. The smallest absolute Gasteiger partial charge is 0.128 e. The van der Waals surface area contributed by atoms with E-state index in [2.05, 4.69) is 0 Å². The number of ether oxygens (including phenoxy) is 2. The SMILES string of the molecule is COc1ccc2c(c1)OC(CC1CCCCC1)C[C@@H]2N. The fourth-order valence-electron chi connectivity index (χ4n) is 3.63. The van der Waals surface area contributed by atoms with Gasteiger partial charge in [-0.25, -0.2) is 0 Å². The Bertz CT molecular complexity index is 454. The lowest BCUT2D eigenvalue weighted by atomic mass is 9.83. The van der Waals surface area contributed by atoms with Crippen LogP contribution in [-0.2, 0) is 0 Å². The molecular weight excluding hydrogens is 250 g/mol. The first kappa shape index (κ1) is 13.7. The van der Waals surface area contributed by atoms with Crippen LogP contribution in [0.3, 0.4) is 0 Å². The lowest BCUT2D eigenvalue weighted by Gasteiger charge is -2.33. The first-order valence-electron chi connectivity index (χ1n) is 7.86. The first-order valence-corrected chi connectivity index (χ1v) is 7.86. The Morgan fingerprint density at radius 1 is 1.25 bits per heavy atom. The monoisotopic (exact) mass is 275 g/mol. The van der Waals surface area contributed by atoms with Crippen molar-refractivity contribution < 1.29 is 9.47 Å². The molecule has 2 atom stereocenters. The van der Waals surface area contributed by atoms with E-state index in [1.54, 1.807) is 7.11 Å². The summed E-state index contributed by atoms with van der Waals surface area (Å²) in [5, 5.41) is 0. The zero-order valence-electron chi connectivity index (χ0n) is 12.3. The molecule has 2 N–H and O–H groups in total. The number of rotatable bonds is 3. The average molecular weight is 275 g/mol. The highest BCUT2D eigenvalue weighted by molar-refractivity contribution is 5.43. The third kappa shape index (κ3) is 2.93. The van der Waals surface area contributed by atoms with Gasteiger partial charge in [0, 0.05) is 24.1 Å².